The number of carbonyl (C=O) groups is 3. The average molecular weight is 425 g/mol. The molecule has 30 heavy (non-hydrogen) atoms. The number of nitrogens with zero attached hydrogens (tertiary/aromatic N) is 2. The molecule has 8 nitrogen and oxygen atoms in total. The Morgan fingerprint density at radius 3 is 2.77 bits per heavy atom. The minimum atomic E-state index is -0.580. The van der Waals surface area contributed by atoms with Crippen LogP contribution in [0.25, 0.3) is 10.6 Å². The number of rotatable bonds is 7. The molecule has 0 unspecified atom stereocenters. The zero-order valence-electron chi connectivity index (χ0n) is 16.0. The molecule has 1 aliphatic rings. The number of hydrogen-bond donors (Lipinski definition) is 1. The molecule has 3 aromatic rings. The zero-order valence-corrected chi connectivity index (χ0v) is 16.8. The van der Waals surface area contributed by atoms with Crippen LogP contribution >= 0.6 is 11.3 Å². The molecule has 9 heteroatoms. The van der Waals surface area contributed by atoms with Crippen LogP contribution in [0.3, 0.4) is 0 Å². The van der Waals surface area contributed by atoms with E-state index in [1.165, 1.54) is 11.3 Å². The number of benzene rings is 1. The van der Waals surface area contributed by atoms with Gasteiger partial charge in [0.15, 0.2) is 5.76 Å². The summed E-state index contributed by atoms with van der Waals surface area (Å²) in [7, 11) is 0. The largest absolute Gasteiger partial charge is 0.458 e. The van der Waals surface area contributed by atoms with Crippen LogP contribution in [0.5, 0.6) is 0 Å². The van der Waals surface area contributed by atoms with Crippen LogP contribution in [0.2, 0.25) is 0 Å². The average Bonchev–Trinajstić information content (AvgIpc) is 3.52. The second-order valence-corrected chi connectivity index (χ2v) is 7.65. The zero-order chi connectivity index (χ0) is 20.9. The summed E-state index contributed by atoms with van der Waals surface area (Å²) in [6, 6.07) is 12.2. The Hall–Kier alpha value is -3.46. The molecule has 1 fully saturated rings. The van der Waals surface area contributed by atoms with Crippen LogP contribution in [0.1, 0.15) is 28.9 Å². The van der Waals surface area contributed by atoms with Crippen LogP contribution in [-0.2, 0) is 20.9 Å². The first-order valence-electron chi connectivity index (χ1n) is 9.44. The Morgan fingerprint density at radius 2 is 2.07 bits per heavy atom. The lowest BCUT2D eigenvalue weighted by Crippen LogP contribution is -2.30. The smallest absolute Gasteiger partial charge is 0.325 e. The number of esters is 1. The van der Waals surface area contributed by atoms with E-state index < -0.39 is 11.9 Å². The van der Waals surface area contributed by atoms with Gasteiger partial charge in [-0.3, -0.25) is 14.4 Å². The van der Waals surface area contributed by atoms with E-state index >= 15 is 0 Å². The topological polar surface area (TPSA) is 102 Å². The van der Waals surface area contributed by atoms with Crippen LogP contribution in [0.15, 0.2) is 52.4 Å². The van der Waals surface area contributed by atoms with Crippen molar-refractivity contribution in [3.05, 3.63) is 59.1 Å². The number of nitrogens with one attached hydrogen (secondary N) is 1. The summed E-state index contributed by atoms with van der Waals surface area (Å²) >= 11 is 1.52. The van der Waals surface area contributed by atoms with Gasteiger partial charge in [-0.1, -0.05) is 11.2 Å². The summed E-state index contributed by atoms with van der Waals surface area (Å²) in [5.41, 5.74) is 1.66. The van der Waals surface area contributed by atoms with E-state index in [-0.39, 0.29) is 19.1 Å². The van der Waals surface area contributed by atoms with Crippen molar-refractivity contribution in [3.8, 4) is 10.6 Å². The highest BCUT2D eigenvalue weighted by Gasteiger charge is 2.21. The fourth-order valence-electron chi connectivity index (χ4n) is 3.09. The summed E-state index contributed by atoms with van der Waals surface area (Å²) < 4.78 is 10.4. The molecule has 0 saturated carbocycles. The summed E-state index contributed by atoms with van der Waals surface area (Å²) in [4.78, 5) is 38.6. The number of amides is 2. The van der Waals surface area contributed by atoms with Gasteiger partial charge >= 0.3 is 5.97 Å². The summed E-state index contributed by atoms with van der Waals surface area (Å²) in [6.07, 6.45) is 1.39. The fourth-order valence-corrected chi connectivity index (χ4v) is 3.76. The molecular formula is C21H19N3O5S. The number of ether oxygens (including phenoxy) is 1. The Morgan fingerprint density at radius 1 is 1.23 bits per heavy atom. The van der Waals surface area contributed by atoms with Gasteiger partial charge in [-0.25, -0.2) is 0 Å². The van der Waals surface area contributed by atoms with Crippen molar-refractivity contribution >= 4 is 34.8 Å². The summed E-state index contributed by atoms with van der Waals surface area (Å²) in [5, 5.41) is 8.33. The van der Waals surface area contributed by atoms with Crippen molar-refractivity contribution in [2.75, 3.05) is 18.0 Å². The molecular weight excluding hydrogens is 406 g/mol. The van der Waals surface area contributed by atoms with Crippen LogP contribution in [0, 0.1) is 0 Å². The standard InChI is InChI=1S/C21H19N3O5S/c25-19-4-1-9-24(19)16-7-5-14(6-8-16)21(27)22-12-20(26)28-13-15-11-17(29-23-15)18-3-2-10-30-18/h2-3,5-8,10-11H,1,4,9,12-13H2,(H,22,27). The molecule has 3 heterocycles. The molecule has 1 aromatic carbocycles. The van der Waals surface area contributed by atoms with Gasteiger partial charge in [0.25, 0.3) is 5.91 Å². The SMILES string of the molecule is O=C(CNC(=O)c1ccc(N2CCCC2=O)cc1)OCc1cc(-c2cccs2)on1. The molecule has 1 saturated heterocycles. The number of hydrogen-bond acceptors (Lipinski definition) is 7. The highest BCUT2D eigenvalue weighted by Crippen LogP contribution is 2.25. The van der Waals surface area contributed by atoms with Gasteiger partial charge in [0.2, 0.25) is 5.91 Å². The first kappa shape index (κ1) is 19.8. The molecule has 0 spiro atoms. The highest BCUT2D eigenvalue weighted by atomic mass is 32.1. The quantitative estimate of drug-likeness (QED) is 0.584. The van der Waals surface area contributed by atoms with E-state index in [4.69, 9.17) is 9.26 Å². The number of thiophene rings is 1. The second kappa shape index (κ2) is 8.91. The maximum atomic E-state index is 12.2. The van der Waals surface area contributed by atoms with Gasteiger partial charge in [-0.05, 0) is 42.1 Å². The molecule has 1 aliphatic heterocycles. The van der Waals surface area contributed by atoms with Crippen molar-refractivity contribution in [1.29, 1.82) is 0 Å². The second-order valence-electron chi connectivity index (χ2n) is 6.70. The van der Waals surface area contributed by atoms with Crippen molar-refractivity contribution in [3.63, 3.8) is 0 Å². The Balaban J connectivity index is 1.23. The Labute approximate surface area is 176 Å². The molecule has 0 bridgehead atoms. The molecule has 0 aliphatic carbocycles. The van der Waals surface area contributed by atoms with Crippen molar-refractivity contribution < 1.29 is 23.6 Å². The van der Waals surface area contributed by atoms with Gasteiger partial charge in [0.1, 0.15) is 18.8 Å². The number of aromatic nitrogens is 1. The van der Waals surface area contributed by atoms with Gasteiger partial charge in [-0.2, -0.15) is 0 Å². The lowest BCUT2D eigenvalue weighted by Gasteiger charge is -2.15. The van der Waals surface area contributed by atoms with Gasteiger partial charge < -0.3 is 19.5 Å². The van der Waals surface area contributed by atoms with Gasteiger partial charge in [0, 0.05) is 30.3 Å². The van der Waals surface area contributed by atoms with Gasteiger partial charge in [-0.15, -0.1) is 11.3 Å². The monoisotopic (exact) mass is 425 g/mol. The van der Waals surface area contributed by atoms with Crippen molar-refractivity contribution in [2.45, 2.75) is 19.4 Å². The molecule has 4 rings (SSSR count). The van der Waals surface area contributed by atoms with Crippen molar-refractivity contribution in [2.24, 2.45) is 0 Å². The highest BCUT2D eigenvalue weighted by molar-refractivity contribution is 7.13. The van der Waals surface area contributed by atoms with E-state index in [0.29, 0.717) is 30.0 Å². The molecule has 1 N–H and O–H groups in total. The maximum Gasteiger partial charge on any atom is 0.325 e. The van der Waals surface area contributed by atoms with E-state index in [0.717, 1.165) is 17.0 Å². The summed E-state index contributed by atoms with van der Waals surface area (Å²) in [5.74, 6) is -0.274. The minimum absolute atomic E-state index is 0.0395. The normalized spacial score (nSPS) is 13.5. The van der Waals surface area contributed by atoms with E-state index in [2.05, 4.69) is 10.5 Å². The van der Waals surface area contributed by atoms with E-state index in [1.807, 2.05) is 17.5 Å². The first-order valence-corrected chi connectivity index (χ1v) is 10.3. The Kier molecular flexibility index (Phi) is 5.89. The third-order valence-corrected chi connectivity index (χ3v) is 5.50. The minimum Gasteiger partial charge on any atom is -0.458 e. The number of carbonyl (C=O) groups excluding carboxylic acids is 3. The van der Waals surface area contributed by atoms with E-state index in [1.54, 1.807) is 35.2 Å². The van der Waals surface area contributed by atoms with Gasteiger partial charge in [0.05, 0.1) is 4.88 Å². The Bertz CT molecular complexity index is 1040. The third-order valence-electron chi connectivity index (χ3n) is 4.61. The van der Waals surface area contributed by atoms with Crippen molar-refractivity contribution in [1.82, 2.24) is 10.5 Å². The van der Waals surface area contributed by atoms with E-state index in [9.17, 15) is 14.4 Å². The third kappa shape index (κ3) is 4.57. The number of anilines is 1. The molecule has 2 amide bonds. The predicted molar refractivity (Wildman–Crippen MR) is 110 cm³/mol. The predicted octanol–water partition coefficient (Wildman–Crippen LogP) is 3.00. The van der Waals surface area contributed by atoms with Crippen LogP contribution in [0.4, 0.5) is 5.69 Å². The fraction of sp³-hybridized carbons (Fsp3) is 0.238. The van der Waals surface area contributed by atoms with Crippen LogP contribution < -0.4 is 10.2 Å². The summed E-state index contributed by atoms with van der Waals surface area (Å²) in [6.45, 7) is 0.388. The lowest BCUT2D eigenvalue weighted by molar-refractivity contribution is -0.143. The first-order chi connectivity index (χ1) is 14.6. The molecule has 2 aromatic heterocycles. The lowest BCUT2D eigenvalue weighted by atomic mass is 10.2. The maximum absolute atomic E-state index is 12.2. The molecule has 154 valence electrons. The molecule has 0 atom stereocenters. The van der Waals surface area contributed by atoms with Crippen LogP contribution in [-0.4, -0.2) is 36.0 Å². The molecule has 0 radical (unpaired) electrons.